The highest BCUT2D eigenvalue weighted by atomic mass is 79.9. The lowest BCUT2D eigenvalue weighted by Crippen LogP contribution is -2.01. The molecule has 0 radical (unpaired) electrons. The smallest absolute Gasteiger partial charge is 0.161 e. The fourth-order valence-corrected chi connectivity index (χ4v) is 3.13. The highest BCUT2D eigenvalue weighted by Crippen LogP contribution is 2.32. The molecule has 0 spiro atoms. The van der Waals surface area contributed by atoms with Crippen molar-refractivity contribution < 1.29 is 9.47 Å². The maximum atomic E-state index is 5.31. The molecule has 2 aromatic carbocycles. The van der Waals surface area contributed by atoms with Crippen molar-refractivity contribution in [3.8, 4) is 11.5 Å². The lowest BCUT2D eigenvalue weighted by atomic mass is 10.2. The van der Waals surface area contributed by atoms with Crippen molar-refractivity contribution in [2.75, 3.05) is 19.5 Å². The van der Waals surface area contributed by atoms with Gasteiger partial charge in [-0.1, -0.05) is 12.1 Å². The molecule has 0 saturated heterocycles. The molecule has 0 aliphatic rings. The summed E-state index contributed by atoms with van der Waals surface area (Å²) in [5.41, 5.74) is 2.15. The number of para-hydroxylation sites is 1. The number of benzene rings is 2. The Bertz CT molecular complexity index is 582. The molecule has 1 N–H and O–H groups in total. The van der Waals surface area contributed by atoms with Crippen molar-refractivity contribution in [2.24, 2.45) is 0 Å². The number of halogens is 2. The van der Waals surface area contributed by atoms with Crippen molar-refractivity contribution in [1.29, 1.82) is 0 Å². The lowest BCUT2D eigenvalue weighted by molar-refractivity contribution is 0.354. The van der Waals surface area contributed by atoms with Crippen molar-refractivity contribution in [2.45, 2.75) is 6.54 Å². The van der Waals surface area contributed by atoms with Crippen LogP contribution in [0.5, 0.6) is 11.5 Å². The maximum absolute atomic E-state index is 5.31. The molecule has 0 heterocycles. The number of hydrogen-bond acceptors (Lipinski definition) is 3. The van der Waals surface area contributed by atoms with Gasteiger partial charge in [-0.3, -0.25) is 0 Å². The molecule has 0 aromatic heterocycles. The number of anilines is 1. The summed E-state index contributed by atoms with van der Waals surface area (Å²) in [6.45, 7) is 0.696. The van der Waals surface area contributed by atoms with Crippen LogP contribution in [-0.4, -0.2) is 14.2 Å². The Hall–Kier alpha value is -1.20. The zero-order valence-corrected chi connectivity index (χ0v) is 14.4. The minimum absolute atomic E-state index is 0.696. The van der Waals surface area contributed by atoms with Crippen molar-refractivity contribution in [3.63, 3.8) is 0 Å². The molecule has 20 heavy (non-hydrogen) atoms. The molecule has 3 nitrogen and oxygen atoms in total. The summed E-state index contributed by atoms with van der Waals surface area (Å²) in [5.74, 6) is 1.47. The normalized spacial score (nSPS) is 10.2. The SMILES string of the molecule is COc1ccc(CNc2c(Br)cccc2Br)cc1OC. The molecular weight excluding hydrogens is 386 g/mol. The van der Waals surface area contributed by atoms with Crippen molar-refractivity contribution in [3.05, 3.63) is 50.9 Å². The van der Waals surface area contributed by atoms with Gasteiger partial charge in [0.25, 0.3) is 0 Å². The molecule has 106 valence electrons. The lowest BCUT2D eigenvalue weighted by Gasteiger charge is -2.13. The summed E-state index contributed by atoms with van der Waals surface area (Å²) < 4.78 is 12.6. The fourth-order valence-electron chi connectivity index (χ4n) is 1.85. The first kappa shape index (κ1) is 15.2. The molecule has 5 heteroatoms. The fraction of sp³-hybridized carbons (Fsp3) is 0.200. The summed E-state index contributed by atoms with van der Waals surface area (Å²) in [4.78, 5) is 0. The van der Waals surface area contributed by atoms with E-state index in [1.54, 1.807) is 14.2 Å². The van der Waals surface area contributed by atoms with Crippen LogP contribution in [0.4, 0.5) is 5.69 Å². The Morgan fingerprint density at radius 3 is 2.20 bits per heavy atom. The van der Waals surface area contributed by atoms with E-state index in [4.69, 9.17) is 9.47 Å². The number of ether oxygens (including phenoxy) is 2. The predicted molar refractivity (Wildman–Crippen MR) is 88.7 cm³/mol. The van der Waals surface area contributed by atoms with Crippen LogP contribution in [0.1, 0.15) is 5.56 Å². The summed E-state index contributed by atoms with van der Waals surface area (Å²) in [6.07, 6.45) is 0. The van der Waals surface area contributed by atoms with Gasteiger partial charge in [-0.2, -0.15) is 0 Å². The highest BCUT2D eigenvalue weighted by molar-refractivity contribution is 9.11. The Morgan fingerprint density at radius 1 is 0.950 bits per heavy atom. The van der Waals surface area contributed by atoms with Crippen molar-refractivity contribution in [1.82, 2.24) is 0 Å². The monoisotopic (exact) mass is 399 g/mol. The van der Waals surface area contributed by atoms with Gasteiger partial charge in [0.2, 0.25) is 0 Å². The molecule has 2 aromatic rings. The van der Waals surface area contributed by atoms with Gasteiger partial charge in [0.15, 0.2) is 11.5 Å². The predicted octanol–water partition coefficient (Wildman–Crippen LogP) is 4.84. The molecule has 0 bridgehead atoms. The first-order valence-corrected chi connectivity index (χ1v) is 7.63. The third-order valence-corrected chi connectivity index (χ3v) is 4.20. The van der Waals surface area contributed by atoms with Crippen LogP contribution >= 0.6 is 31.9 Å². The van der Waals surface area contributed by atoms with Gasteiger partial charge in [0.1, 0.15) is 0 Å². The first-order valence-electron chi connectivity index (χ1n) is 6.04. The number of rotatable bonds is 5. The Balaban J connectivity index is 2.15. The molecule has 0 atom stereocenters. The second-order valence-corrected chi connectivity index (χ2v) is 5.85. The largest absolute Gasteiger partial charge is 0.493 e. The van der Waals surface area contributed by atoms with Crippen LogP contribution in [0.2, 0.25) is 0 Å². The van der Waals surface area contributed by atoms with Crippen LogP contribution in [0.15, 0.2) is 45.3 Å². The average molecular weight is 401 g/mol. The Labute approximate surface area is 135 Å². The van der Waals surface area contributed by atoms with Crippen LogP contribution in [-0.2, 0) is 6.54 Å². The van der Waals surface area contributed by atoms with E-state index in [1.807, 2.05) is 36.4 Å². The molecule has 2 rings (SSSR count). The second-order valence-electron chi connectivity index (χ2n) is 4.14. The standard InChI is InChI=1S/C15H15Br2NO2/c1-19-13-7-6-10(8-14(13)20-2)9-18-15-11(16)4-3-5-12(15)17/h3-8,18H,9H2,1-2H3. The minimum Gasteiger partial charge on any atom is -0.493 e. The molecule has 0 aliphatic carbocycles. The third kappa shape index (κ3) is 3.46. The zero-order chi connectivity index (χ0) is 14.5. The first-order chi connectivity index (χ1) is 9.65. The third-order valence-electron chi connectivity index (χ3n) is 2.88. The van der Waals surface area contributed by atoms with E-state index < -0.39 is 0 Å². The van der Waals surface area contributed by atoms with E-state index in [1.165, 1.54) is 0 Å². The second kappa shape index (κ2) is 6.99. The van der Waals surface area contributed by atoms with Crippen molar-refractivity contribution >= 4 is 37.5 Å². The summed E-state index contributed by atoms with van der Waals surface area (Å²) in [5, 5.41) is 3.40. The van der Waals surface area contributed by atoms with Gasteiger partial charge < -0.3 is 14.8 Å². The number of methoxy groups -OCH3 is 2. The van der Waals surface area contributed by atoms with Gasteiger partial charge in [0, 0.05) is 15.5 Å². The number of hydrogen-bond donors (Lipinski definition) is 1. The van der Waals surface area contributed by atoms with Gasteiger partial charge in [-0.05, 0) is 61.7 Å². The summed E-state index contributed by atoms with van der Waals surface area (Å²) in [7, 11) is 3.27. The molecule has 0 amide bonds. The Morgan fingerprint density at radius 2 is 1.60 bits per heavy atom. The summed E-state index contributed by atoms with van der Waals surface area (Å²) >= 11 is 7.07. The van der Waals surface area contributed by atoms with Gasteiger partial charge in [0.05, 0.1) is 19.9 Å². The number of nitrogens with one attached hydrogen (secondary N) is 1. The zero-order valence-electron chi connectivity index (χ0n) is 11.2. The quantitative estimate of drug-likeness (QED) is 0.778. The Kier molecular flexibility index (Phi) is 5.31. The van der Waals surface area contributed by atoms with Gasteiger partial charge in [-0.25, -0.2) is 0 Å². The topological polar surface area (TPSA) is 30.5 Å². The van der Waals surface area contributed by atoms with Crippen LogP contribution < -0.4 is 14.8 Å². The molecular formula is C15H15Br2NO2. The van der Waals surface area contributed by atoms with Crippen LogP contribution in [0, 0.1) is 0 Å². The molecule has 0 aliphatic heterocycles. The van der Waals surface area contributed by atoms with E-state index in [2.05, 4.69) is 37.2 Å². The minimum atomic E-state index is 0.696. The molecule has 0 saturated carbocycles. The maximum Gasteiger partial charge on any atom is 0.161 e. The molecule has 0 unspecified atom stereocenters. The van der Waals surface area contributed by atoms with Crippen LogP contribution in [0.3, 0.4) is 0 Å². The van der Waals surface area contributed by atoms with E-state index in [-0.39, 0.29) is 0 Å². The van der Waals surface area contributed by atoms with Gasteiger partial charge in [-0.15, -0.1) is 0 Å². The van der Waals surface area contributed by atoms with E-state index in [0.29, 0.717) is 6.54 Å². The van der Waals surface area contributed by atoms with E-state index >= 15 is 0 Å². The van der Waals surface area contributed by atoms with E-state index in [9.17, 15) is 0 Å². The van der Waals surface area contributed by atoms with Crippen LogP contribution in [0.25, 0.3) is 0 Å². The highest BCUT2D eigenvalue weighted by Gasteiger charge is 2.07. The molecule has 0 fully saturated rings. The summed E-state index contributed by atoms with van der Waals surface area (Å²) in [6, 6.07) is 11.9. The average Bonchev–Trinajstić information content (AvgIpc) is 2.46. The van der Waals surface area contributed by atoms with E-state index in [0.717, 1.165) is 31.7 Å². The van der Waals surface area contributed by atoms with Gasteiger partial charge >= 0.3 is 0 Å².